The van der Waals surface area contributed by atoms with E-state index in [9.17, 15) is 9.90 Å². The number of hydrogen-bond donors (Lipinski definition) is 1. The van der Waals surface area contributed by atoms with Gasteiger partial charge < -0.3 is 14.7 Å². The van der Waals surface area contributed by atoms with Gasteiger partial charge in [-0.3, -0.25) is 4.79 Å². The maximum atomic E-state index is 11.0. The van der Waals surface area contributed by atoms with Gasteiger partial charge in [0.05, 0.1) is 0 Å². The van der Waals surface area contributed by atoms with E-state index in [1.54, 1.807) is 6.07 Å². The number of phenols is 1. The molecule has 0 radical (unpaired) electrons. The Balaban J connectivity index is 1.61. The number of aromatic hydroxyl groups is 1. The normalized spacial score (nSPS) is 19.9. The number of likely N-dealkylation sites (tertiary alicyclic amines) is 1. The molecule has 0 amide bonds. The van der Waals surface area contributed by atoms with E-state index in [0.29, 0.717) is 11.5 Å². The fourth-order valence-corrected chi connectivity index (χ4v) is 4.22. The highest BCUT2D eigenvalue weighted by Crippen LogP contribution is 2.39. The number of benzene rings is 2. The van der Waals surface area contributed by atoms with Crippen molar-refractivity contribution in [3.8, 4) is 11.5 Å². The first-order valence-corrected chi connectivity index (χ1v) is 9.80. The zero-order valence-electron chi connectivity index (χ0n) is 16.3. The van der Waals surface area contributed by atoms with Gasteiger partial charge in [0, 0.05) is 25.4 Å². The minimum absolute atomic E-state index is 0.146. The number of hydrogen-bond acceptors (Lipinski definition) is 4. The minimum Gasteiger partial charge on any atom is -0.508 e. The zero-order valence-corrected chi connectivity index (χ0v) is 16.3. The van der Waals surface area contributed by atoms with Crippen molar-refractivity contribution < 1.29 is 14.6 Å². The second kappa shape index (κ2) is 8.57. The maximum absolute atomic E-state index is 11.0. The Labute approximate surface area is 161 Å². The van der Waals surface area contributed by atoms with E-state index < -0.39 is 0 Å². The van der Waals surface area contributed by atoms with Crippen LogP contribution in [0.1, 0.15) is 44.2 Å². The van der Waals surface area contributed by atoms with Crippen molar-refractivity contribution in [1.29, 1.82) is 0 Å². The summed E-state index contributed by atoms with van der Waals surface area (Å²) >= 11 is 0. The van der Waals surface area contributed by atoms with Crippen molar-refractivity contribution >= 4 is 5.97 Å². The molecule has 4 nitrogen and oxygen atoms in total. The molecule has 1 unspecified atom stereocenters. The standard InChI is InChI=1S/C23H29NO3/c1-3-12-23(20-5-4-6-21(26)16-20)13-15-24(17-23)14-11-19-7-9-22(10-8-19)27-18(2)25/h4-10,16,26H,3,11-15,17H2,1-2H3. The van der Waals surface area contributed by atoms with E-state index in [4.69, 9.17) is 4.74 Å². The summed E-state index contributed by atoms with van der Waals surface area (Å²) in [5.41, 5.74) is 2.65. The van der Waals surface area contributed by atoms with Crippen LogP contribution in [0.3, 0.4) is 0 Å². The Morgan fingerprint density at radius 1 is 1.22 bits per heavy atom. The van der Waals surface area contributed by atoms with Crippen molar-refractivity contribution in [2.45, 2.75) is 44.9 Å². The molecule has 144 valence electrons. The Hall–Kier alpha value is -2.33. The lowest BCUT2D eigenvalue weighted by Gasteiger charge is -2.30. The molecule has 3 rings (SSSR count). The van der Waals surface area contributed by atoms with Crippen LogP contribution in [0.5, 0.6) is 11.5 Å². The molecule has 1 heterocycles. The van der Waals surface area contributed by atoms with Crippen LogP contribution in [-0.4, -0.2) is 35.6 Å². The highest BCUT2D eigenvalue weighted by atomic mass is 16.5. The third-order valence-electron chi connectivity index (χ3n) is 5.52. The van der Waals surface area contributed by atoms with E-state index >= 15 is 0 Å². The Bertz CT molecular complexity index is 771. The monoisotopic (exact) mass is 367 g/mol. The van der Waals surface area contributed by atoms with E-state index in [-0.39, 0.29) is 11.4 Å². The maximum Gasteiger partial charge on any atom is 0.308 e. The number of ether oxygens (including phenoxy) is 1. The third-order valence-corrected chi connectivity index (χ3v) is 5.52. The van der Waals surface area contributed by atoms with Gasteiger partial charge in [0.15, 0.2) is 0 Å². The first-order valence-electron chi connectivity index (χ1n) is 9.80. The number of rotatable bonds is 7. The summed E-state index contributed by atoms with van der Waals surface area (Å²) in [6, 6.07) is 15.6. The van der Waals surface area contributed by atoms with Gasteiger partial charge in [0.25, 0.3) is 0 Å². The summed E-state index contributed by atoms with van der Waals surface area (Å²) in [5, 5.41) is 9.91. The van der Waals surface area contributed by atoms with Crippen molar-refractivity contribution in [2.75, 3.05) is 19.6 Å². The summed E-state index contributed by atoms with van der Waals surface area (Å²) in [6.45, 7) is 6.78. The molecule has 1 saturated heterocycles. The lowest BCUT2D eigenvalue weighted by molar-refractivity contribution is -0.131. The second-order valence-corrected chi connectivity index (χ2v) is 7.59. The van der Waals surface area contributed by atoms with Crippen LogP contribution in [0.2, 0.25) is 0 Å². The number of phenolic OH excluding ortho intramolecular Hbond substituents is 1. The average Bonchev–Trinajstić information content (AvgIpc) is 3.05. The van der Waals surface area contributed by atoms with E-state index in [1.165, 1.54) is 18.1 Å². The van der Waals surface area contributed by atoms with Crippen LogP contribution in [0.4, 0.5) is 0 Å². The average molecular weight is 367 g/mol. The van der Waals surface area contributed by atoms with Gasteiger partial charge >= 0.3 is 5.97 Å². The molecule has 1 aliphatic heterocycles. The van der Waals surface area contributed by atoms with Crippen LogP contribution in [-0.2, 0) is 16.6 Å². The zero-order chi connectivity index (χ0) is 19.3. The molecule has 1 fully saturated rings. The Morgan fingerprint density at radius 2 is 2.00 bits per heavy atom. The Kier molecular flexibility index (Phi) is 6.17. The van der Waals surface area contributed by atoms with Crippen LogP contribution in [0.15, 0.2) is 48.5 Å². The number of esters is 1. The largest absolute Gasteiger partial charge is 0.508 e. The van der Waals surface area contributed by atoms with Crippen molar-refractivity contribution in [1.82, 2.24) is 4.90 Å². The molecule has 0 bridgehead atoms. The molecule has 4 heteroatoms. The number of carbonyl (C=O) groups excluding carboxylic acids is 1. The van der Waals surface area contributed by atoms with Crippen molar-refractivity contribution in [2.24, 2.45) is 0 Å². The molecule has 27 heavy (non-hydrogen) atoms. The summed E-state index contributed by atoms with van der Waals surface area (Å²) in [5.74, 6) is 0.659. The van der Waals surface area contributed by atoms with Gasteiger partial charge in [0.2, 0.25) is 0 Å². The van der Waals surface area contributed by atoms with Gasteiger partial charge in [-0.2, -0.15) is 0 Å². The first kappa shape index (κ1) is 19.4. The van der Waals surface area contributed by atoms with Gasteiger partial charge in [-0.25, -0.2) is 0 Å². The van der Waals surface area contributed by atoms with E-state index in [0.717, 1.165) is 45.3 Å². The summed E-state index contributed by atoms with van der Waals surface area (Å²) in [7, 11) is 0. The molecule has 1 atom stereocenters. The number of nitrogens with zero attached hydrogens (tertiary/aromatic N) is 1. The minimum atomic E-state index is -0.293. The molecule has 2 aromatic rings. The molecule has 0 aliphatic carbocycles. The molecule has 2 aromatic carbocycles. The molecule has 0 aromatic heterocycles. The summed E-state index contributed by atoms with van der Waals surface area (Å²) < 4.78 is 5.09. The second-order valence-electron chi connectivity index (χ2n) is 7.59. The molecule has 1 N–H and O–H groups in total. The van der Waals surface area contributed by atoms with Crippen molar-refractivity contribution in [3.63, 3.8) is 0 Å². The van der Waals surface area contributed by atoms with Gasteiger partial charge in [-0.1, -0.05) is 37.6 Å². The van der Waals surface area contributed by atoms with Crippen LogP contribution in [0.25, 0.3) is 0 Å². The molecule has 1 aliphatic rings. The van der Waals surface area contributed by atoms with E-state index in [1.807, 2.05) is 36.4 Å². The smallest absolute Gasteiger partial charge is 0.308 e. The Morgan fingerprint density at radius 3 is 2.67 bits per heavy atom. The lowest BCUT2D eigenvalue weighted by Crippen LogP contribution is -2.32. The van der Waals surface area contributed by atoms with Crippen molar-refractivity contribution in [3.05, 3.63) is 59.7 Å². The first-order chi connectivity index (χ1) is 13.0. The molecular formula is C23H29NO3. The predicted octanol–water partition coefficient (Wildman–Crippen LogP) is 4.30. The fraction of sp³-hybridized carbons (Fsp3) is 0.435. The van der Waals surface area contributed by atoms with Gasteiger partial charge in [-0.15, -0.1) is 0 Å². The quantitative estimate of drug-likeness (QED) is 0.585. The summed E-state index contributed by atoms with van der Waals surface area (Å²) in [6.07, 6.45) is 4.39. The third kappa shape index (κ3) is 4.89. The van der Waals surface area contributed by atoms with Crippen LogP contribution < -0.4 is 4.74 Å². The topological polar surface area (TPSA) is 49.8 Å². The molecular weight excluding hydrogens is 338 g/mol. The molecule has 0 saturated carbocycles. The lowest BCUT2D eigenvalue weighted by atomic mass is 9.76. The van der Waals surface area contributed by atoms with Crippen LogP contribution >= 0.6 is 0 Å². The van der Waals surface area contributed by atoms with E-state index in [2.05, 4.69) is 17.9 Å². The number of carbonyl (C=O) groups is 1. The fourth-order valence-electron chi connectivity index (χ4n) is 4.22. The summed E-state index contributed by atoms with van der Waals surface area (Å²) in [4.78, 5) is 13.5. The predicted molar refractivity (Wildman–Crippen MR) is 107 cm³/mol. The van der Waals surface area contributed by atoms with Gasteiger partial charge in [0.1, 0.15) is 11.5 Å². The molecule has 0 spiro atoms. The SMILES string of the molecule is CCCC1(c2cccc(O)c2)CCN(CCc2ccc(OC(C)=O)cc2)C1. The highest BCUT2D eigenvalue weighted by molar-refractivity contribution is 5.69. The highest BCUT2D eigenvalue weighted by Gasteiger charge is 2.38. The van der Waals surface area contributed by atoms with Gasteiger partial charge in [-0.05, 0) is 61.2 Å². The van der Waals surface area contributed by atoms with Crippen LogP contribution in [0, 0.1) is 0 Å².